The van der Waals surface area contributed by atoms with Gasteiger partial charge in [-0.2, -0.15) is 0 Å². The highest BCUT2D eigenvalue weighted by molar-refractivity contribution is 7.99. The topological polar surface area (TPSA) is 17.1 Å². The molecule has 0 spiro atoms. The van der Waals surface area contributed by atoms with Crippen molar-refractivity contribution in [3.05, 3.63) is 29.8 Å². The van der Waals surface area contributed by atoms with Gasteiger partial charge in [0.2, 0.25) is 0 Å². The van der Waals surface area contributed by atoms with Gasteiger partial charge in [-0.1, -0.05) is 19.1 Å². The highest BCUT2D eigenvalue weighted by Gasteiger charge is 1.98. The van der Waals surface area contributed by atoms with Gasteiger partial charge >= 0.3 is 0 Å². The molecule has 0 fully saturated rings. The minimum atomic E-state index is 0.132. The lowest BCUT2D eigenvalue weighted by molar-refractivity contribution is 0.101. The van der Waals surface area contributed by atoms with Crippen molar-refractivity contribution in [1.82, 2.24) is 0 Å². The molecule has 1 aromatic rings. The summed E-state index contributed by atoms with van der Waals surface area (Å²) in [5.74, 6) is 1.27. The van der Waals surface area contributed by atoms with Gasteiger partial charge in [0.15, 0.2) is 5.78 Å². The molecule has 0 N–H and O–H groups in total. The largest absolute Gasteiger partial charge is 0.295 e. The van der Waals surface area contributed by atoms with E-state index in [1.54, 1.807) is 6.92 Å². The Labute approximate surface area is 83.5 Å². The van der Waals surface area contributed by atoms with Crippen molar-refractivity contribution in [2.24, 2.45) is 0 Å². The Kier molecular flexibility index (Phi) is 4.03. The van der Waals surface area contributed by atoms with Crippen LogP contribution in [0.2, 0.25) is 0 Å². The van der Waals surface area contributed by atoms with Gasteiger partial charge in [0.25, 0.3) is 0 Å². The summed E-state index contributed by atoms with van der Waals surface area (Å²) in [7, 11) is 0. The first kappa shape index (κ1) is 10.3. The van der Waals surface area contributed by atoms with Crippen LogP contribution in [0.1, 0.15) is 30.6 Å². The molecular formula is C11H14OS. The van der Waals surface area contributed by atoms with E-state index in [0.717, 1.165) is 11.3 Å². The summed E-state index contributed by atoms with van der Waals surface area (Å²) in [4.78, 5) is 12.2. The van der Waals surface area contributed by atoms with Crippen LogP contribution < -0.4 is 0 Å². The molecule has 0 aliphatic carbocycles. The van der Waals surface area contributed by atoms with Crippen LogP contribution in [-0.2, 0) is 0 Å². The van der Waals surface area contributed by atoms with Crippen LogP contribution in [0.4, 0.5) is 0 Å². The van der Waals surface area contributed by atoms with E-state index < -0.39 is 0 Å². The Balaban J connectivity index is 2.64. The van der Waals surface area contributed by atoms with Crippen LogP contribution in [-0.4, -0.2) is 11.5 Å². The number of carbonyl (C=O) groups is 1. The molecule has 0 saturated heterocycles. The van der Waals surface area contributed by atoms with Crippen molar-refractivity contribution >= 4 is 17.5 Å². The molecule has 1 nitrogen and oxygen atoms in total. The van der Waals surface area contributed by atoms with Crippen molar-refractivity contribution in [3.8, 4) is 0 Å². The first-order chi connectivity index (χ1) is 6.24. The average Bonchev–Trinajstić information content (AvgIpc) is 2.15. The number of hydrogen-bond acceptors (Lipinski definition) is 2. The summed E-state index contributed by atoms with van der Waals surface area (Å²) in [6.07, 6.45) is 1.18. The van der Waals surface area contributed by atoms with Gasteiger partial charge < -0.3 is 0 Å². The average molecular weight is 194 g/mol. The van der Waals surface area contributed by atoms with Crippen LogP contribution in [0, 0.1) is 0 Å². The van der Waals surface area contributed by atoms with E-state index in [9.17, 15) is 4.79 Å². The molecule has 0 aliphatic rings. The third-order valence-electron chi connectivity index (χ3n) is 1.73. The van der Waals surface area contributed by atoms with Gasteiger partial charge in [0, 0.05) is 10.5 Å². The molecule has 0 aromatic heterocycles. The molecule has 0 saturated carbocycles. The van der Waals surface area contributed by atoms with Crippen LogP contribution in [0.5, 0.6) is 0 Å². The molecule has 0 unspecified atom stereocenters. The quantitative estimate of drug-likeness (QED) is 0.540. The van der Waals surface area contributed by atoms with Crippen molar-refractivity contribution in [2.75, 3.05) is 5.75 Å². The van der Waals surface area contributed by atoms with Crippen LogP contribution in [0.25, 0.3) is 0 Å². The summed E-state index contributed by atoms with van der Waals surface area (Å²) >= 11 is 1.83. The second-order valence-electron chi connectivity index (χ2n) is 2.93. The molecule has 0 radical (unpaired) electrons. The molecule has 0 heterocycles. The van der Waals surface area contributed by atoms with Crippen LogP contribution in [0.15, 0.2) is 29.2 Å². The van der Waals surface area contributed by atoms with E-state index in [1.165, 1.54) is 11.3 Å². The SMILES string of the molecule is CCCSc1ccc(C(C)=O)cc1. The molecule has 0 atom stereocenters. The number of benzene rings is 1. The van der Waals surface area contributed by atoms with Gasteiger partial charge in [-0.05, 0) is 31.2 Å². The van der Waals surface area contributed by atoms with E-state index in [-0.39, 0.29) is 5.78 Å². The zero-order chi connectivity index (χ0) is 9.68. The lowest BCUT2D eigenvalue weighted by Crippen LogP contribution is -1.90. The Morgan fingerprint density at radius 2 is 1.92 bits per heavy atom. The van der Waals surface area contributed by atoms with Gasteiger partial charge in [-0.15, -0.1) is 11.8 Å². The summed E-state index contributed by atoms with van der Waals surface area (Å²) in [5.41, 5.74) is 0.792. The molecule has 0 amide bonds. The predicted octanol–water partition coefficient (Wildman–Crippen LogP) is 3.39. The molecule has 1 rings (SSSR count). The fourth-order valence-electron chi connectivity index (χ4n) is 1.01. The van der Waals surface area contributed by atoms with E-state index in [0.29, 0.717) is 0 Å². The zero-order valence-electron chi connectivity index (χ0n) is 8.04. The molecule has 13 heavy (non-hydrogen) atoms. The fourth-order valence-corrected chi connectivity index (χ4v) is 1.77. The van der Waals surface area contributed by atoms with Crippen LogP contribution >= 0.6 is 11.8 Å². The highest BCUT2D eigenvalue weighted by atomic mass is 32.2. The van der Waals surface area contributed by atoms with Crippen molar-refractivity contribution in [1.29, 1.82) is 0 Å². The predicted molar refractivity (Wildman–Crippen MR) is 57.5 cm³/mol. The highest BCUT2D eigenvalue weighted by Crippen LogP contribution is 2.18. The lowest BCUT2D eigenvalue weighted by Gasteiger charge is -2.00. The standard InChI is InChI=1S/C11H14OS/c1-3-8-13-11-6-4-10(5-7-11)9(2)12/h4-7H,3,8H2,1-2H3. The Bertz CT molecular complexity index is 277. The maximum absolute atomic E-state index is 11.0. The summed E-state index contributed by atoms with van der Waals surface area (Å²) in [6.45, 7) is 3.76. The van der Waals surface area contributed by atoms with Crippen molar-refractivity contribution in [2.45, 2.75) is 25.2 Å². The minimum absolute atomic E-state index is 0.132. The smallest absolute Gasteiger partial charge is 0.159 e. The number of carbonyl (C=O) groups excluding carboxylic acids is 1. The molecule has 0 aliphatic heterocycles. The third-order valence-corrected chi connectivity index (χ3v) is 2.95. The number of thioether (sulfide) groups is 1. The Hall–Kier alpha value is -0.760. The summed E-state index contributed by atoms with van der Waals surface area (Å²) in [6, 6.07) is 7.80. The summed E-state index contributed by atoms with van der Waals surface area (Å²) < 4.78 is 0. The first-order valence-corrected chi connectivity index (χ1v) is 5.46. The number of ketones is 1. The van der Waals surface area contributed by atoms with Gasteiger partial charge in [-0.3, -0.25) is 4.79 Å². The first-order valence-electron chi connectivity index (χ1n) is 4.48. The van der Waals surface area contributed by atoms with E-state index in [2.05, 4.69) is 6.92 Å². The third kappa shape index (κ3) is 3.23. The molecule has 2 heteroatoms. The van der Waals surface area contributed by atoms with E-state index >= 15 is 0 Å². The van der Waals surface area contributed by atoms with Gasteiger partial charge in [-0.25, -0.2) is 0 Å². The fraction of sp³-hybridized carbons (Fsp3) is 0.364. The molecular weight excluding hydrogens is 180 g/mol. The van der Waals surface area contributed by atoms with Crippen LogP contribution in [0.3, 0.4) is 0 Å². The molecule has 1 aromatic carbocycles. The van der Waals surface area contributed by atoms with E-state index in [4.69, 9.17) is 0 Å². The van der Waals surface area contributed by atoms with Crippen molar-refractivity contribution in [3.63, 3.8) is 0 Å². The Morgan fingerprint density at radius 3 is 2.38 bits per heavy atom. The van der Waals surface area contributed by atoms with Gasteiger partial charge in [0.05, 0.1) is 0 Å². The number of Topliss-reactive ketones (excluding diaryl/α,β-unsaturated/α-hetero) is 1. The normalized spacial score (nSPS) is 10.0. The molecule has 0 bridgehead atoms. The monoisotopic (exact) mass is 194 g/mol. The van der Waals surface area contributed by atoms with E-state index in [1.807, 2.05) is 36.0 Å². The maximum atomic E-state index is 11.0. The minimum Gasteiger partial charge on any atom is -0.295 e. The summed E-state index contributed by atoms with van der Waals surface area (Å²) in [5, 5.41) is 0. The van der Waals surface area contributed by atoms with Crippen molar-refractivity contribution < 1.29 is 4.79 Å². The van der Waals surface area contributed by atoms with Gasteiger partial charge in [0.1, 0.15) is 0 Å². The number of rotatable bonds is 4. The maximum Gasteiger partial charge on any atom is 0.159 e. The second kappa shape index (κ2) is 5.07. The molecule has 70 valence electrons. The number of hydrogen-bond donors (Lipinski definition) is 0. The lowest BCUT2D eigenvalue weighted by atomic mass is 10.2. The second-order valence-corrected chi connectivity index (χ2v) is 4.10. The Morgan fingerprint density at radius 1 is 1.31 bits per heavy atom. The zero-order valence-corrected chi connectivity index (χ0v) is 8.86.